The molecule has 0 spiro atoms. The van der Waals surface area contributed by atoms with Gasteiger partial charge < -0.3 is 4.74 Å². The molecule has 0 aliphatic heterocycles. The Balaban J connectivity index is 1.59. The van der Waals surface area contributed by atoms with Crippen LogP contribution in [-0.2, 0) is 19.6 Å². The van der Waals surface area contributed by atoms with Crippen molar-refractivity contribution in [2.75, 3.05) is 0 Å². The third-order valence-corrected chi connectivity index (χ3v) is 4.39. The molecule has 0 atom stereocenters. The van der Waals surface area contributed by atoms with E-state index in [-0.39, 0.29) is 0 Å². The molecule has 3 heteroatoms. The molecule has 25 heavy (non-hydrogen) atoms. The van der Waals surface area contributed by atoms with E-state index in [1.54, 1.807) is 0 Å². The van der Waals surface area contributed by atoms with E-state index in [0.29, 0.717) is 6.61 Å². The summed E-state index contributed by atoms with van der Waals surface area (Å²) < 4.78 is 8.29. The molecule has 3 nitrogen and oxygen atoms in total. The minimum Gasteiger partial charge on any atom is -0.481 e. The predicted octanol–water partition coefficient (Wildman–Crippen LogP) is 4.28. The van der Waals surface area contributed by atoms with Gasteiger partial charge in [-0.1, -0.05) is 60.7 Å². The molecule has 0 bridgehead atoms. The smallest absolute Gasteiger partial charge is 0.293 e. The maximum atomic E-state index is 5.96. The number of H-pyrrole nitrogens is 1. The Bertz CT molecular complexity index is 946. The Morgan fingerprint density at radius 1 is 0.760 bits per heavy atom. The summed E-state index contributed by atoms with van der Waals surface area (Å²) in [6.07, 6.45) is 0.992. The summed E-state index contributed by atoms with van der Waals surface area (Å²) in [5, 5.41) is 0. The van der Waals surface area contributed by atoms with Gasteiger partial charge in [0.25, 0.3) is 5.82 Å². The molecule has 0 radical (unpaired) electrons. The van der Waals surface area contributed by atoms with Crippen LogP contribution < -0.4 is 9.30 Å². The third kappa shape index (κ3) is 3.56. The summed E-state index contributed by atoms with van der Waals surface area (Å²) in [5.41, 5.74) is 3.70. The first kappa shape index (κ1) is 15.5. The van der Waals surface area contributed by atoms with Crippen molar-refractivity contribution in [1.29, 1.82) is 0 Å². The van der Waals surface area contributed by atoms with Gasteiger partial charge in [0.15, 0.2) is 17.6 Å². The number of rotatable bonds is 6. The van der Waals surface area contributed by atoms with Crippen LogP contribution in [0.4, 0.5) is 0 Å². The Kier molecular flexibility index (Phi) is 4.46. The molecule has 124 valence electrons. The lowest BCUT2D eigenvalue weighted by molar-refractivity contribution is -0.679. The van der Waals surface area contributed by atoms with E-state index in [1.807, 2.05) is 30.3 Å². The van der Waals surface area contributed by atoms with Crippen LogP contribution in [0.2, 0.25) is 0 Å². The zero-order valence-corrected chi connectivity index (χ0v) is 14.1. The van der Waals surface area contributed by atoms with E-state index < -0.39 is 0 Å². The molecule has 0 fully saturated rings. The van der Waals surface area contributed by atoms with Gasteiger partial charge in [0.1, 0.15) is 5.75 Å². The second-order valence-electron chi connectivity index (χ2n) is 6.08. The average Bonchev–Trinajstić information content (AvgIpc) is 3.04. The lowest BCUT2D eigenvalue weighted by atomic mass is 10.1. The minimum absolute atomic E-state index is 0.521. The molecule has 0 unspecified atom stereocenters. The van der Waals surface area contributed by atoms with Gasteiger partial charge in [-0.3, -0.25) is 0 Å². The van der Waals surface area contributed by atoms with Gasteiger partial charge in [0.2, 0.25) is 0 Å². The molecular weight excluding hydrogens is 308 g/mol. The normalized spacial score (nSPS) is 10.9. The van der Waals surface area contributed by atoms with Crippen molar-refractivity contribution < 1.29 is 9.30 Å². The molecule has 0 aliphatic rings. The number of benzene rings is 3. The highest BCUT2D eigenvalue weighted by molar-refractivity contribution is 5.71. The lowest BCUT2D eigenvalue weighted by Gasteiger charge is -2.05. The number of hydrogen-bond acceptors (Lipinski definition) is 1. The first-order valence-corrected chi connectivity index (χ1v) is 8.61. The van der Waals surface area contributed by atoms with Crippen LogP contribution in [0.3, 0.4) is 0 Å². The van der Waals surface area contributed by atoms with Crippen molar-refractivity contribution in [3.05, 3.63) is 96.3 Å². The van der Waals surface area contributed by atoms with Crippen LogP contribution in [-0.4, -0.2) is 4.98 Å². The van der Waals surface area contributed by atoms with E-state index in [2.05, 4.69) is 64.1 Å². The predicted molar refractivity (Wildman–Crippen MR) is 99.4 cm³/mol. The first-order valence-electron chi connectivity index (χ1n) is 8.61. The van der Waals surface area contributed by atoms with E-state index in [9.17, 15) is 0 Å². The van der Waals surface area contributed by atoms with Crippen LogP contribution >= 0.6 is 0 Å². The van der Waals surface area contributed by atoms with Gasteiger partial charge in [-0.15, -0.1) is 0 Å². The van der Waals surface area contributed by atoms with Crippen molar-refractivity contribution in [3.63, 3.8) is 0 Å². The number of aromatic amines is 1. The molecular formula is C22H21N2O+. The van der Waals surface area contributed by atoms with Crippen LogP contribution in [0.5, 0.6) is 5.75 Å². The molecule has 0 saturated carbocycles. The Labute approximate surface area is 147 Å². The fraction of sp³-hybridized carbons (Fsp3) is 0.136. The average molecular weight is 329 g/mol. The number of aromatic nitrogens is 2. The van der Waals surface area contributed by atoms with Gasteiger partial charge in [0.05, 0.1) is 6.54 Å². The summed E-state index contributed by atoms with van der Waals surface area (Å²) in [6, 6.07) is 28.9. The minimum atomic E-state index is 0.521. The number of ether oxygens (including phenoxy) is 1. The van der Waals surface area contributed by atoms with Gasteiger partial charge in [0, 0.05) is 6.42 Å². The highest BCUT2D eigenvalue weighted by atomic mass is 16.5. The van der Waals surface area contributed by atoms with Crippen molar-refractivity contribution >= 4 is 11.0 Å². The third-order valence-electron chi connectivity index (χ3n) is 4.39. The zero-order valence-electron chi connectivity index (χ0n) is 14.1. The fourth-order valence-corrected chi connectivity index (χ4v) is 3.11. The van der Waals surface area contributed by atoms with Gasteiger partial charge in [-0.2, -0.15) is 0 Å². The van der Waals surface area contributed by atoms with Crippen molar-refractivity contribution in [2.24, 2.45) is 0 Å². The number of fused-ring (bicyclic) bond motifs is 1. The topological polar surface area (TPSA) is 28.9 Å². The monoisotopic (exact) mass is 329 g/mol. The number of nitrogens with zero attached hydrogens (tertiary/aromatic N) is 1. The van der Waals surface area contributed by atoms with Gasteiger partial charge >= 0.3 is 0 Å². The Hall–Kier alpha value is -3.07. The highest BCUT2D eigenvalue weighted by Crippen LogP contribution is 2.13. The second kappa shape index (κ2) is 7.22. The van der Waals surface area contributed by atoms with E-state index in [0.717, 1.165) is 30.1 Å². The number of imidazole rings is 1. The zero-order chi connectivity index (χ0) is 16.9. The van der Waals surface area contributed by atoms with Crippen LogP contribution in [0.1, 0.15) is 11.4 Å². The lowest BCUT2D eigenvalue weighted by Crippen LogP contribution is -2.38. The molecule has 0 saturated heterocycles. The first-order chi connectivity index (χ1) is 12.4. The molecule has 1 N–H and O–H groups in total. The molecule has 1 heterocycles. The molecule has 4 aromatic rings. The second-order valence-corrected chi connectivity index (χ2v) is 6.08. The summed E-state index contributed by atoms with van der Waals surface area (Å²) in [4.78, 5) is 3.51. The van der Waals surface area contributed by atoms with Gasteiger partial charge in [-0.25, -0.2) is 9.55 Å². The molecule has 1 aromatic heterocycles. The van der Waals surface area contributed by atoms with E-state index >= 15 is 0 Å². The Morgan fingerprint density at radius 3 is 2.24 bits per heavy atom. The maximum absolute atomic E-state index is 5.96. The standard InChI is InChI=1S/C22H20N2O/c1-3-9-18(10-4-1)15-16-24-21-14-8-7-13-20(21)23-22(24)17-25-19-11-5-2-6-12-19/h1-14H,15-17H2/p+1. The number of nitrogens with one attached hydrogen (secondary N) is 1. The quantitative estimate of drug-likeness (QED) is 0.526. The molecule has 0 amide bonds. The van der Waals surface area contributed by atoms with Crippen LogP contribution in [0.15, 0.2) is 84.9 Å². The number of aryl methyl sites for hydroxylation is 2. The van der Waals surface area contributed by atoms with Crippen molar-refractivity contribution in [3.8, 4) is 5.75 Å². The summed E-state index contributed by atoms with van der Waals surface area (Å²) in [6.45, 7) is 1.44. The molecule has 0 aliphatic carbocycles. The van der Waals surface area contributed by atoms with E-state index in [1.165, 1.54) is 11.1 Å². The SMILES string of the molecule is c1ccc(CC[n+]2c(COc3ccccc3)[nH]c3ccccc32)cc1. The Morgan fingerprint density at radius 2 is 1.44 bits per heavy atom. The van der Waals surface area contributed by atoms with Gasteiger partial charge in [-0.05, 0) is 29.8 Å². The largest absolute Gasteiger partial charge is 0.481 e. The summed E-state index contributed by atoms with van der Waals surface area (Å²) in [7, 11) is 0. The van der Waals surface area contributed by atoms with Crippen LogP contribution in [0.25, 0.3) is 11.0 Å². The number of para-hydroxylation sites is 3. The fourth-order valence-electron chi connectivity index (χ4n) is 3.11. The molecule has 3 aromatic carbocycles. The van der Waals surface area contributed by atoms with Crippen molar-refractivity contribution in [1.82, 2.24) is 4.98 Å². The highest BCUT2D eigenvalue weighted by Gasteiger charge is 2.18. The van der Waals surface area contributed by atoms with Crippen molar-refractivity contribution in [2.45, 2.75) is 19.6 Å². The summed E-state index contributed by atoms with van der Waals surface area (Å²) in [5.74, 6) is 1.97. The maximum Gasteiger partial charge on any atom is 0.293 e. The number of hydrogen-bond donors (Lipinski definition) is 1. The summed E-state index contributed by atoms with van der Waals surface area (Å²) >= 11 is 0. The van der Waals surface area contributed by atoms with E-state index in [4.69, 9.17) is 4.74 Å². The van der Waals surface area contributed by atoms with Crippen LogP contribution in [0, 0.1) is 0 Å². The molecule has 4 rings (SSSR count).